The summed E-state index contributed by atoms with van der Waals surface area (Å²) < 4.78 is 69.8. The number of benzene rings is 2. The fourth-order valence-electron chi connectivity index (χ4n) is 3.99. The normalized spacial score (nSPS) is 14.7. The maximum atomic E-state index is 13.2. The van der Waals surface area contributed by atoms with Gasteiger partial charge in [-0.15, -0.1) is 0 Å². The summed E-state index contributed by atoms with van der Waals surface area (Å²) in [4.78, 5) is 17.1. The van der Waals surface area contributed by atoms with Crippen LogP contribution in [0.3, 0.4) is 0 Å². The largest absolute Gasteiger partial charge is 0.489 e. The minimum Gasteiger partial charge on any atom is -0.489 e. The summed E-state index contributed by atoms with van der Waals surface area (Å²) in [5.41, 5.74) is 7.66. The van der Waals surface area contributed by atoms with Crippen molar-refractivity contribution >= 4 is 39.3 Å². The van der Waals surface area contributed by atoms with E-state index >= 15 is 0 Å². The van der Waals surface area contributed by atoms with E-state index in [1.807, 2.05) is 0 Å². The molecule has 1 saturated carbocycles. The van der Waals surface area contributed by atoms with Crippen molar-refractivity contribution in [1.82, 2.24) is 4.98 Å². The number of pyridine rings is 1. The van der Waals surface area contributed by atoms with Crippen molar-refractivity contribution in [2.24, 2.45) is 11.7 Å². The van der Waals surface area contributed by atoms with Crippen molar-refractivity contribution in [2.45, 2.75) is 44.4 Å². The van der Waals surface area contributed by atoms with Crippen LogP contribution in [0.25, 0.3) is 0 Å². The predicted molar refractivity (Wildman–Crippen MR) is 152 cm³/mol. The van der Waals surface area contributed by atoms with Crippen LogP contribution in [0.4, 0.5) is 8.78 Å². The van der Waals surface area contributed by atoms with Crippen LogP contribution in [0.2, 0.25) is 10.0 Å². The molecule has 1 aromatic heterocycles. The molecule has 9 nitrogen and oxygen atoms in total. The maximum absolute atomic E-state index is 13.2. The molecule has 3 aromatic rings. The Kier molecular flexibility index (Phi) is 10.5. The summed E-state index contributed by atoms with van der Waals surface area (Å²) in [6.45, 7) is -2.74. The third-order valence-electron chi connectivity index (χ3n) is 6.26. The van der Waals surface area contributed by atoms with E-state index in [1.165, 1.54) is 42.7 Å². The molecule has 14 heteroatoms. The molecular formula is C28H28Cl2F2N2O7S. The predicted octanol–water partition coefficient (Wildman–Crippen LogP) is 5.51. The topological polar surface area (TPSA) is 127 Å². The Morgan fingerprint density at radius 1 is 1.05 bits per heavy atom. The van der Waals surface area contributed by atoms with E-state index in [0.29, 0.717) is 29.2 Å². The summed E-state index contributed by atoms with van der Waals surface area (Å²) >= 11 is 12.7. The Morgan fingerprint density at radius 3 is 2.31 bits per heavy atom. The van der Waals surface area contributed by atoms with Gasteiger partial charge in [-0.25, -0.2) is 0 Å². The number of nitrogens with zero attached hydrogens (tertiary/aromatic N) is 1. The number of carbonyl (C=O) groups is 1. The monoisotopic (exact) mass is 644 g/mol. The molecule has 0 saturated heterocycles. The summed E-state index contributed by atoms with van der Waals surface area (Å²) in [5.74, 6) is -0.386. The zero-order valence-electron chi connectivity index (χ0n) is 22.3. The first kappa shape index (κ1) is 31.7. The minimum atomic E-state index is -3.69. The summed E-state index contributed by atoms with van der Waals surface area (Å²) in [6.07, 6.45) is 4.78. The highest BCUT2D eigenvalue weighted by Crippen LogP contribution is 2.38. The molecule has 0 bridgehead atoms. The Labute approximate surface area is 252 Å². The van der Waals surface area contributed by atoms with E-state index in [1.54, 1.807) is 12.1 Å². The number of nitrogens with two attached hydrogens (primary N) is 1. The van der Waals surface area contributed by atoms with Crippen molar-refractivity contribution in [2.75, 3.05) is 12.9 Å². The number of hydrogen-bond acceptors (Lipinski definition) is 9. The molecule has 2 atom stereocenters. The van der Waals surface area contributed by atoms with Gasteiger partial charge in [0.2, 0.25) is 0 Å². The molecule has 1 heterocycles. The number of ether oxygens (including phenoxy) is 3. The van der Waals surface area contributed by atoms with Gasteiger partial charge in [0, 0.05) is 18.8 Å². The molecular weight excluding hydrogens is 617 g/mol. The standard InChI is InChI=1S/C28H28Cl2F2N2O7S/c1-42(36,37)41-19-7-4-16(5-8-19)10-23(33)27(35)39-25(12-20-21(29)13-34-14-22(20)30)18-6-9-24(40-28(31)32)26(11-18)38-15-17-2-3-17/h4-9,11,13-14,17,23,25,28H,2-3,10,12,15,33H2,1H3/t23-,25-/m0/s1. The van der Waals surface area contributed by atoms with E-state index < -0.39 is 34.8 Å². The smallest absolute Gasteiger partial charge is 0.387 e. The van der Waals surface area contributed by atoms with Gasteiger partial charge in [0.15, 0.2) is 11.5 Å². The van der Waals surface area contributed by atoms with E-state index in [0.717, 1.165) is 19.1 Å². The highest BCUT2D eigenvalue weighted by Gasteiger charge is 2.27. The van der Waals surface area contributed by atoms with Gasteiger partial charge in [-0.2, -0.15) is 17.2 Å². The lowest BCUT2D eigenvalue weighted by molar-refractivity contribution is -0.151. The summed E-state index contributed by atoms with van der Waals surface area (Å²) in [5, 5.41) is 0.485. The average molecular weight is 646 g/mol. The van der Waals surface area contributed by atoms with Gasteiger partial charge < -0.3 is 24.1 Å². The van der Waals surface area contributed by atoms with Gasteiger partial charge in [0.25, 0.3) is 0 Å². The van der Waals surface area contributed by atoms with Crippen molar-refractivity contribution in [1.29, 1.82) is 0 Å². The Hall–Kier alpha value is -3.19. The van der Waals surface area contributed by atoms with Crippen LogP contribution in [-0.4, -0.2) is 44.9 Å². The lowest BCUT2D eigenvalue weighted by Crippen LogP contribution is -2.35. The third kappa shape index (κ3) is 9.41. The lowest BCUT2D eigenvalue weighted by Gasteiger charge is -2.23. The van der Waals surface area contributed by atoms with Crippen LogP contribution in [-0.2, 0) is 32.5 Å². The summed E-state index contributed by atoms with van der Waals surface area (Å²) in [6, 6.07) is 9.21. The number of halogens is 4. The second-order valence-electron chi connectivity index (χ2n) is 9.79. The van der Waals surface area contributed by atoms with Crippen LogP contribution in [0.1, 0.15) is 35.6 Å². The molecule has 226 valence electrons. The first-order valence-electron chi connectivity index (χ1n) is 12.8. The maximum Gasteiger partial charge on any atom is 0.387 e. The number of aromatic nitrogens is 1. The minimum absolute atomic E-state index is 0.0211. The first-order chi connectivity index (χ1) is 19.9. The zero-order chi connectivity index (χ0) is 30.4. The van der Waals surface area contributed by atoms with Gasteiger partial charge in [-0.05, 0) is 66.1 Å². The fraction of sp³-hybridized carbons (Fsp3) is 0.357. The molecule has 1 fully saturated rings. The van der Waals surface area contributed by atoms with Crippen molar-refractivity contribution < 1.29 is 40.4 Å². The zero-order valence-corrected chi connectivity index (χ0v) is 24.7. The third-order valence-corrected chi connectivity index (χ3v) is 7.40. The molecule has 0 spiro atoms. The Balaban J connectivity index is 1.57. The molecule has 1 aliphatic carbocycles. The number of carbonyl (C=O) groups excluding carboxylic acids is 1. The SMILES string of the molecule is CS(=O)(=O)Oc1ccc(C[C@H](N)C(=O)O[C@@H](Cc2c(Cl)cncc2Cl)c2ccc(OC(F)F)c(OCC3CC3)c2)cc1. The molecule has 0 radical (unpaired) electrons. The molecule has 2 N–H and O–H groups in total. The van der Waals surface area contributed by atoms with E-state index in [-0.39, 0.29) is 40.1 Å². The molecule has 0 unspecified atom stereocenters. The molecule has 1 aliphatic rings. The second kappa shape index (κ2) is 13.9. The van der Waals surface area contributed by atoms with Crippen LogP contribution >= 0.6 is 23.2 Å². The van der Waals surface area contributed by atoms with Crippen LogP contribution in [0.5, 0.6) is 17.2 Å². The lowest BCUT2D eigenvalue weighted by atomic mass is 10.0. The van der Waals surface area contributed by atoms with Crippen LogP contribution in [0, 0.1) is 5.92 Å². The van der Waals surface area contributed by atoms with Gasteiger partial charge in [-0.3, -0.25) is 9.78 Å². The first-order valence-corrected chi connectivity index (χ1v) is 15.4. The van der Waals surface area contributed by atoms with E-state index in [9.17, 15) is 22.0 Å². The van der Waals surface area contributed by atoms with Gasteiger partial charge in [-0.1, -0.05) is 41.4 Å². The number of esters is 1. The average Bonchev–Trinajstić information content (AvgIpc) is 3.74. The molecule has 0 aliphatic heterocycles. The van der Waals surface area contributed by atoms with Gasteiger partial charge >= 0.3 is 22.7 Å². The van der Waals surface area contributed by atoms with Crippen molar-refractivity contribution in [3.8, 4) is 17.2 Å². The summed E-state index contributed by atoms with van der Waals surface area (Å²) in [7, 11) is -3.69. The van der Waals surface area contributed by atoms with Crippen molar-refractivity contribution in [3.05, 3.63) is 81.6 Å². The fourth-order valence-corrected chi connectivity index (χ4v) is 4.97. The number of alkyl halides is 2. The van der Waals surface area contributed by atoms with E-state index in [2.05, 4.69) is 9.72 Å². The van der Waals surface area contributed by atoms with Crippen molar-refractivity contribution in [3.63, 3.8) is 0 Å². The molecule has 42 heavy (non-hydrogen) atoms. The molecule has 4 rings (SSSR count). The van der Waals surface area contributed by atoms with E-state index in [4.69, 9.17) is 42.6 Å². The molecule has 2 aromatic carbocycles. The Bertz CT molecular complexity index is 1490. The highest BCUT2D eigenvalue weighted by molar-refractivity contribution is 7.86. The van der Waals surface area contributed by atoms with Gasteiger partial charge in [0.1, 0.15) is 17.9 Å². The second-order valence-corrected chi connectivity index (χ2v) is 12.2. The number of hydrogen-bond donors (Lipinski definition) is 1. The quantitative estimate of drug-likeness (QED) is 0.178. The van der Waals surface area contributed by atoms with Gasteiger partial charge in [0.05, 0.1) is 22.9 Å². The van der Waals surface area contributed by atoms with Crippen LogP contribution < -0.4 is 19.4 Å². The highest BCUT2D eigenvalue weighted by atomic mass is 35.5. The Morgan fingerprint density at radius 2 is 1.71 bits per heavy atom. The van der Waals surface area contributed by atoms with Crippen LogP contribution in [0.15, 0.2) is 54.9 Å². The number of rotatable bonds is 14. The molecule has 0 amide bonds.